The summed E-state index contributed by atoms with van der Waals surface area (Å²) in [7, 11) is 0. The summed E-state index contributed by atoms with van der Waals surface area (Å²) in [6.07, 6.45) is 1.01. The van der Waals surface area contributed by atoms with Crippen molar-refractivity contribution in [3.63, 3.8) is 0 Å². The normalized spacial score (nSPS) is 22.2. The fourth-order valence-corrected chi connectivity index (χ4v) is 3.23. The maximum atomic E-state index is 12.6. The van der Waals surface area contributed by atoms with Crippen LogP contribution in [0.5, 0.6) is 0 Å². The zero-order chi connectivity index (χ0) is 13.4. The minimum Gasteiger partial charge on any atom is -0.355 e. The van der Waals surface area contributed by atoms with E-state index >= 15 is 0 Å². The van der Waals surface area contributed by atoms with Crippen molar-refractivity contribution in [1.82, 2.24) is 5.32 Å². The van der Waals surface area contributed by atoms with Crippen LogP contribution in [0.1, 0.15) is 19.4 Å². The number of amides is 1. The molecule has 2 aliphatic heterocycles. The molecule has 1 amide bonds. The van der Waals surface area contributed by atoms with Crippen molar-refractivity contribution in [1.29, 1.82) is 0 Å². The Balaban J connectivity index is 2.16. The van der Waals surface area contributed by atoms with Crippen molar-refractivity contribution in [2.45, 2.75) is 26.3 Å². The van der Waals surface area contributed by atoms with E-state index in [-0.39, 0.29) is 11.9 Å². The highest BCUT2D eigenvalue weighted by Gasteiger charge is 2.39. The second kappa shape index (κ2) is 4.85. The number of hydrogen-bond acceptors (Lipinski definition) is 3. The molecular weight excluding hydrogens is 238 g/mol. The number of para-hydroxylation sites is 1. The van der Waals surface area contributed by atoms with Crippen LogP contribution in [-0.4, -0.2) is 38.1 Å². The van der Waals surface area contributed by atoms with E-state index in [1.54, 1.807) is 0 Å². The van der Waals surface area contributed by atoms with E-state index in [1.807, 2.05) is 11.8 Å². The summed E-state index contributed by atoms with van der Waals surface area (Å²) in [6.45, 7) is 7.59. The first-order valence-electron chi connectivity index (χ1n) is 7.18. The number of nitrogens with zero attached hydrogens (tertiary/aromatic N) is 2. The topological polar surface area (TPSA) is 35.6 Å². The molecule has 2 heterocycles. The molecule has 0 aliphatic carbocycles. The fraction of sp³-hybridized carbons (Fsp3) is 0.533. The molecule has 1 N–H and O–H groups in total. The minimum absolute atomic E-state index is 0.0334. The Bertz CT molecular complexity index is 500. The molecule has 19 heavy (non-hydrogen) atoms. The quantitative estimate of drug-likeness (QED) is 0.872. The van der Waals surface area contributed by atoms with E-state index < -0.39 is 0 Å². The average Bonchev–Trinajstić information content (AvgIpc) is 2.47. The lowest BCUT2D eigenvalue weighted by atomic mass is 9.99. The first-order valence-corrected chi connectivity index (χ1v) is 7.18. The Hall–Kier alpha value is -1.55. The Morgan fingerprint density at radius 2 is 2.21 bits per heavy atom. The third-order valence-electron chi connectivity index (χ3n) is 4.17. The van der Waals surface area contributed by atoms with Gasteiger partial charge in [-0.15, -0.1) is 0 Å². The van der Waals surface area contributed by atoms with E-state index in [2.05, 4.69) is 35.3 Å². The number of hydrogen-bond donors (Lipinski definition) is 1. The van der Waals surface area contributed by atoms with Gasteiger partial charge < -0.3 is 15.1 Å². The first kappa shape index (κ1) is 12.5. The number of fused-ring (bicyclic) bond motifs is 3. The van der Waals surface area contributed by atoms with Crippen LogP contribution in [0.3, 0.4) is 0 Å². The van der Waals surface area contributed by atoms with Crippen LogP contribution in [-0.2, 0) is 11.2 Å². The van der Waals surface area contributed by atoms with E-state index in [0.29, 0.717) is 0 Å². The molecule has 0 aromatic heterocycles. The van der Waals surface area contributed by atoms with Crippen LogP contribution in [0.25, 0.3) is 0 Å². The predicted molar refractivity (Wildman–Crippen MR) is 77.9 cm³/mol. The van der Waals surface area contributed by atoms with E-state index in [9.17, 15) is 4.79 Å². The monoisotopic (exact) mass is 259 g/mol. The largest absolute Gasteiger partial charge is 0.355 e. The molecule has 4 heteroatoms. The Kier molecular flexibility index (Phi) is 3.19. The zero-order valence-corrected chi connectivity index (χ0v) is 11.6. The predicted octanol–water partition coefficient (Wildman–Crippen LogP) is 1.39. The van der Waals surface area contributed by atoms with Crippen LogP contribution >= 0.6 is 0 Å². The number of anilines is 2. The van der Waals surface area contributed by atoms with Gasteiger partial charge in [-0.2, -0.15) is 0 Å². The summed E-state index contributed by atoms with van der Waals surface area (Å²) >= 11 is 0. The van der Waals surface area contributed by atoms with E-state index in [4.69, 9.17) is 0 Å². The fourth-order valence-electron chi connectivity index (χ4n) is 3.23. The maximum Gasteiger partial charge on any atom is 0.251 e. The highest BCUT2D eigenvalue weighted by molar-refractivity contribution is 6.06. The molecule has 1 saturated heterocycles. The van der Waals surface area contributed by atoms with Gasteiger partial charge in [0.25, 0.3) is 5.91 Å². The van der Waals surface area contributed by atoms with Crippen molar-refractivity contribution in [3.8, 4) is 0 Å². The number of piperazine rings is 1. The van der Waals surface area contributed by atoms with Gasteiger partial charge in [0, 0.05) is 26.2 Å². The van der Waals surface area contributed by atoms with Crippen LogP contribution in [0.2, 0.25) is 0 Å². The molecule has 2 aliphatic rings. The summed E-state index contributed by atoms with van der Waals surface area (Å²) in [5.41, 5.74) is 3.71. The van der Waals surface area contributed by atoms with Crippen LogP contribution in [0.15, 0.2) is 18.2 Å². The zero-order valence-electron chi connectivity index (χ0n) is 11.6. The molecule has 1 atom stereocenters. The highest BCUT2D eigenvalue weighted by atomic mass is 16.2. The highest BCUT2D eigenvalue weighted by Crippen LogP contribution is 2.39. The molecular formula is C15H21N3O. The van der Waals surface area contributed by atoms with Crippen molar-refractivity contribution in [2.75, 3.05) is 36.0 Å². The van der Waals surface area contributed by atoms with Crippen molar-refractivity contribution >= 4 is 17.3 Å². The lowest BCUT2D eigenvalue weighted by molar-refractivity contribution is -0.120. The smallest absolute Gasteiger partial charge is 0.251 e. The van der Waals surface area contributed by atoms with Gasteiger partial charge in [0.05, 0.1) is 11.4 Å². The number of carbonyl (C=O) groups excluding carboxylic acids is 1. The van der Waals surface area contributed by atoms with Gasteiger partial charge in [0.15, 0.2) is 0 Å². The van der Waals surface area contributed by atoms with Crippen LogP contribution in [0.4, 0.5) is 11.4 Å². The molecule has 1 aromatic rings. The van der Waals surface area contributed by atoms with Gasteiger partial charge in [-0.3, -0.25) is 4.79 Å². The van der Waals surface area contributed by atoms with Crippen molar-refractivity contribution in [2.24, 2.45) is 0 Å². The molecule has 4 nitrogen and oxygen atoms in total. The number of carbonyl (C=O) groups is 1. The summed E-state index contributed by atoms with van der Waals surface area (Å²) in [5, 5.41) is 3.34. The molecule has 1 fully saturated rings. The molecule has 0 bridgehead atoms. The maximum absolute atomic E-state index is 12.6. The van der Waals surface area contributed by atoms with Crippen LogP contribution in [0, 0.1) is 0 Å². The average molecular weight is 259 g/mol. The molecule has 1 unspecified atom stereocenters. The second-order valence-electron chi connectivity index (χ2n) is 5.13. The van der Waals surface area contributed by atoms with Gasteiger partial charge in [0.1, 0.15) is 6.04 Å². The third kappa shape index (κ3) is 1.82. The summed E-state index contributed by atoms with van der Waals surface area (Å²) in [5.74, 6) is 0.232. The molecule has 3 rings (SSSR count). The number of nitrogens with one attached hydrogen (secondary N) is 1. The van der Waals surface area contributed by atoms with Gasteiger partial charge in [-0.1, -0.05) is 19.1 Å². The molecule has 0 saturated carbocycles. The summed E-state index contributed by atoms with van der Waals surface area (Å²) in [4.78, 5) is 16.8. The minimum atomic E-state index is -0.0334. The molecule has 102 valence electrons. The van der Waals surface area contributed by atoms with Gasteiger partial charge in [-0.05, 0) is 25.0 Å². The van der Waals surface area contributed by atoms with E-state index in [1.165, 1.54) is 11.3 Å². The molecule has 0 radical (unpaired) electrons. The summed E-state index contributed by atoms with van der Waals surface area (Å²) < 4.78 is 0. The van der Waals surface area contributed by atoms with Crippen LogP contribution < -0.4 is 15.1 Å². The van der Waals surface area contributed by atoms with Gasteiger partial charge >= 0.3 is 0 Å². The Morgan fingerprint density at radius 1 is 1.37 bits per heavy atom. The van der Waals surface area contributed by atoms with Gasteiger partial charge in [0.2, 0.25) is 0 Å². The number of benzene rings is 1. The van der Waals surface area contributed by atoms with Crippen molar-refractivity contribution in [3.05, 3.63) is 23.8 Å². The third-order valence-corrected chi connectivity index (χ3v) is 4.17. The lowest BCUT2D eigenvalue weighted by Crippen LogP contribution is -2.62. The Morgan fingerprint density at radius 3 is 2.95 bits per heavy atom. The molecule has 1 aromatic carbocycles. The van der Waals surface area contributed by atoms with Gasteiger partial charge in [-0.25, -0.2) is 0 Å². The lowest BCUT2D eigenvalue weighted by Gasteiger charge is -2.46. The number of rotatable bonds is 2. The SMILES string of the molecule is CCc1cccc2c1N1CCNCC1C(=O)N2CC. The number of aryl methyl sites for hydroxylation is 1. The standard InChI is InChI=1S/C15H21N3O/c1-3-11-6-5-7-12-14(11)18-9-8-16-10-13(18)15(19)17(12)4-2/h5-7,13,16H,3-4,8-10H2,1-2H3. The molecule has 0 spiro atoms. The van der Waals surface area contributed by atoms with E-state index in [0.717, 1.165) is 38.3 Å². The number of likely N-dealkylation sites (N-methyl/N-ethyl adjacent to an activating group) is 1. The first-order chi connectivity index (χ1) is 9.27. The second-order valence-corrected chi connectivity index (χ2v) is 5.13. The van der Waals surface area contributed by atoms with Crippen molar-refractivity contribution < 1.29 is 4.79 Å². The Labute approximate surface area is 114 Å². The summed E-state index contributed by atoms with van der Waals surface area (Å²) in [6, 6.07) is 6.29.